The predicted molar refractivity (Wildman–Crippen MR) is 124 cm³/mol. The van der Waals surface area contributed by atoms with Gasteiger partial charge >= 0.3 is 5.97 Å². The maximum atomic E-state index is 11.5. The zero-order chi connectivity index (χ0) is 22.9. The number of aryl methyl sites for hydroxylation is 1. The third-order valence-corrected chi connectivity index (χ3v) is 6.52. The van der Waals surface area contributed by atoms with Gasteiger partial charge in [0.1, 0.15) is 17.5 Å². The van der Waals surface area contributed by atoms with E-state index in [2.05, 4.69) is 28.1 Å². The van der Waals surface area contributed by atoms with E-state index in [-0.39, 0.29) is 12.0 Å². The van der Waals surface area contributed by atoms with Crippen LogP contribution in [-0.2, 0) is 17.6 Å². The SMILES string of the molecule is CCC(CCCN(CCc1ccccc1OC)C1CCCc2nc(C#N)ccc21)C(=O)O. The molecule has 32 heavy (non-hydrogen) atoms. The van der Waals surface area contributed by atoms with Crippen molar-refractivity contribution in [3.63, 3.8) is 0 Å². The average molecular weight is 436 g/mol. The summed E-state index contributed by atoms with van der Waals surface area (Å²) in [7, 11) is 1.70. The number of nitriles is 1. The number of nitrogens with zero attached hydrogens (tertiary/aromatic N) is 3. The van der Waals surface area contributed by atoms with Gasteiger partial charge in [0.15, 0.2) is 0 Å². The standard InChI is InChI=1S/C26H33N3O3/c1-3-19(26(30)31)9-7-16-29(17-15-20-8-4-5-12-25(20)32-2)24-11-6-10-23-22(24)14-13-21(18-27)28-23/h4-5,8,12-14,19,24H,3,6-7,9-11,15-17H2,1-2H3,(H,30,31). The van der Waals surface area contributed by atoms with E-state index < -0.39 is 5.97 Å². The Bertz CT molecular complexity index is 954. The molecule has 170 valence electrons. The number of hydrogen-bond donors (Lipinski definition) is 1. The fourth-order valence-corrected chi connectivity index (χ4v) is 4.72. The number of fused-ring (bicyclic) bond motifs is 1. The second kappa shape index (κ2) is 11.6. The van der Waals surface area contributed by atoms with Crippen molar-refractivity contribution in [3.05, 3.63) is 58.9 Å². The number of ether oxygens (including phenoxy) is 1. The minimum absolute atomic E-state index is 0.235. The number of rotatable bonds is 11. The molecule has 1 aliphatic rings. The Kier molecular flexibility index (Phi) is 8.64. The van der Waals surface area contributed by atoms with E-state index in [1.807, 2.05) is 31.2 Å². The molecule has 1 aromatic heterocycles. The molecule has 0 saturated heterocycles. The molecule has 1 aromatic carbocycles. The van der Waals surface area contributed by atoms with Gasteiger partial charge in [-0.05, 0) is 74.8 Å². The van der Waals surface area contributed by atoms with Crippen LogP contribution in [0.2, 0.25) is 0 Å². The van der Waals surface area contributed by atoms with Crippen molar-refractivity contribution in [2.24, 2.45) is 5.92 Å². The predicted octanol–water partition coefficient (Wildman–Crippen LogP) is 4.77. The molecule has 1 N–H and O–H groups in total. The summed E-state index contributed by atoms with van der Waals surface area (Å²) in [4.78, 5) is 18.5. The number of aliphatic carboxylic acids is 1. The van der Waals surface area contributed by atoms with Gasteiger partial charge in [0.25, 0.3) is 0 Å². The number of aromatic nitrogens is 1. The molecule has 2 aromatic rings. The fourth-order valence-electron chi connectivity index (χ4n) is 4.72. The molecule has 1 aliphatic carbocycles. The molecule has 6 heteroatoms. The van der Waals surface area contributed by atoms with Crippen LogP contribution in [0.5, 0.6) is 5.75 Å². The summed E-state index contributed by atoms with van der Waals surface area (Å²) in [5.41, 5.74) is 3.88. The molecule has 0 spiro atoms. The number of carboxylic acid groups (broad SMARTS) is 1. The summed E-state index contributed by atoms with van der Waals surface area (Å²) in [5, 5.41) is 18.6. The van der Waals surface area contributed by atoms with Gasteiger partial charge in [-0.2, -0.15) is 5.26 Å². The molecule has 0 radical (unpaired) electrons. The van der Waals surface area contributed by atoms with Crippen LogP contribution in [-0.4, -0.2) is 41.2 Å². The van der Waals surface area contributed by atoms with Crippen molar-refractivity contribution in [2.75, 3.05) is 20.2 Å². The molecule has 0 bridgehead atoms. The first-order chi connectivity index (χ1) is 15.6. The van der Waals surface area contributed by atoms with Crippen LogP contribution < -0.4 is 4.74 Å². The van der Waals surface area contributed by atoms with Crippen molar-refractivity contribution in [2.45, 2.75) is 57.9 Å². The summed E-state index contributed by atoms with van der Waals surface area (Å²) < 4.78 is 5.53. The quantitative estimate of drug-likeness (QED) is 0.547. The van der Waals surface area contributed by atoms with Crippen molar-refractivity contribution in [3.8, 4) is 11.8 Å². The van der Waals surface area contributed by atoms with Gasteiger partial charge < -0.3 is 9.84 Å². The Morgan fingerprint density at radius 3 is 2.84 bits per heavy atom. The molecule has 3 rings (SSSR count). The van der Waals surface area contributed by atoms with E-state index in [9.17, 15) is 15.2 Å². The zero-order valence-electron chi connectivity index (χ0n) is 19.1. The molecule has 2 unspecified atom stereocenters. The third-order valence-electron chi connectivity index (χ3n) is 6.52. The van der Waals surface area contributed by atoms with Gasteiger partial charge in [0.05, 0.1) is 13.0 Å². The van der Waals surface area contributed by atoms with E-state index in [1.165, 1.54) is 11.1 Å². The Hall–Kier alpha value is -2.91. The molecule has 0 fully saturated rings. The van der Waals surface area contributed by atoms with Crippen molar-refractivity contribution in [1.82, 2.24) is 9.88 Å². The van der Waals surface area contributed by atoms with Gasteiger partial charge in [-0.15, -0.1) is 0 Å². The number of pyridine rings is 1. The Labute approximate surface area is 190 Å². The Balaban J connectivity index is 1.79. The summed E-state index contributed by atoms with van der Waals surface area (Å²) >= 11 is 0. The minimum Gasteiger partial charge on any atom is -0.496 e. The lowest BCUT2D eigenvalue weighted by Crippen LogP contribution is -2.34. The first kappa shape index (κ1) is 23.7. The third kappa shape index (κ3) is 5.86. The second-order valence-corrected chi connectivity index (χ2v) is 8.44. The van der Waals surface area contributed by atoms with E-state index >= 15 is 0 Å². The number of carbonyl (C=O) groups is 1. The van der Waals surface area contributed by atoms with Crippen molar-refractivity contribution >= 4 is 5.97 Å². The van der Waals surface area contributed by atoms with E-state index in [0.29, 0.717) is 18.5 Å². The van der Waals surface area contributed by atoms with Gasteiger partial charge in [0, 0.05) is 18.3 Å². The number of carboxylic acids is 1. The maximum absolute atomic E-state index is 11.5. The Morgan fingerprint density at radius 2 is 2.12 bits per heavy atom. The lowest BCUT2D eigenvalue weighted by Gasteiger charge is -2.36. The molecule has 0 aliphatic heterocycles. The molecule has 6 nitrogen and oxygen atoms in total. The summed E-state index contributed by atoms with van der Waals surface area (Å²) in [6.45, 7) is 3.63. The summed E-state index contributed by atoms with van der Waals surface area (Å²) in [5.74, 6) is -0.0948. The molecule has 2 atom stereocenters. The van der Waals surface area contributed by atoms with Crippen LogP contribution in [0.4, 0.5) is 0 Å². The molecule has 0 amide bonds. The minimum atomic E-state index is -0.704. The van der Waals surface area contributed by atoms with Gasteiger partial charge in [-0.25, -0.2) is 4.98 Å². The highest BCUT2D eigenvalue weighted by Crippen LogP contribution is 2.34. The first-order valence-electron chi connectivity index (χ1n) is 11.6. The van der Waals surface area contributed by atoms with Crippen LogP contribution in [0.3, 0.4) is 0 Å². The number of benzene rings is 1. The molecule has 0 saturated carbocycles. The van der Waals surface area contributed by atoms with Gasteiger partial charge in [-0.3, -0.25) is 9.69 Å². The molecular weight excluding hydrogens is 402 g/mol. The zero-order valence-corrected chi connectivity index (χ0v) is 19.1. The number of methoxy groups -OCH3 is 1. The molecule has 1 heterocycles. The Morgan fingerprint density at radius 1 is 1.31 bits per heavy atom. The van der Waals surface area contributed by atoms with Gasteiger partial charge in [0.2, 0.25) is 0 Å². The first-order valence-corrected chi connectivity index (χ1v) is 11.6. The highest BCUT2D eigenvalue weighted by molar-refractivity contribution is 5.69. The van der Waals surface area contributed by atoms with E-state index in [4.69, 9.17) is 4.74 Å². The summed E-state index contributed by atoms with van der Waals surface area (Å²) in [6, 6.07) is 14.4. The van der Waals surface area contributed by atoms with E-state index in [0.717, 1.165) is 56.6 Å². The van der Waals surface area contributed by atoms with Crippen molar-refractivity contribution in [1.29, 1.82) is 5.26 Å². The summed E-state index contributed by atoms with van der Waals surface area (Å²) in [6.07, 6.45) is 6.02. The van der Waals surface area contributed by atoms with Crippen LogP contribution in [0, 0.1) is 17.2 Å². The lowest BCUT2D eigenvalue weighted by molar-refractivity contribution is -0.142. The maximum Gasteiger partial charge on any atom is 0.306 e. The topological polar surface area (TPSA) is 86.5 Å². The molecular formula is C26H33N3O3. The lowest BCUT2D eigenvalue weighted by atomic mass is 9.89. The van der Waals surface area contributed by atoms with Crippen molar-refractivity contribution < 1.29 is 14.6 Å². The van der Waals surface area contributed by atoms with Crippen LogP contribution in [0.25, 0.3) is 0 Å². The largest absolute Gasteiger partial charge is 0.496 e. The second-order valence-electron chi connectivity index (χ2n) is 8.44. The normalized spacial score (nSPS) is 16.2. The fraction of sp³-hybridized carbons (Fsp3) is 0.500. The highest BCUT2D eigenvalue weighted by Gasteiger charge is 2.27. The number of para-hydroxylation sites is 1. The van der Waals surface area contributed by atoms with E-state index in [1.54, 1.807) is 7.11 Å². The van der Waals surface area contributed by atoms with Gasteiger partial charge in [-0.1, -0.05) is 31.2 Å². The van der Waals surface area contributed by atoms with Crippen LogP contribution in [0.15, 0.2) is 36.4 Å². The van der Waals surface area contributed by atoms with Crippen LogP contribution >= 0.6 is 0 Å². The van der Waals surface area contributed by atoms with Crippen LogP contribution in [0.1, 0.15) is 67.6 Å². The highest BCUT2D eigenvalue weighted by atomic mass is 16.5. The number of hydrogen-bond acceptors (Lipinski definition) is 5. The monoisotopic (exact) mass is 435 g/mol. The average Bonchev–Trinajstić information content (AvgIpc) is 2.82. The smallest absolute Gasteiger partial charge is 0.306 e.